The number of hydrogen-bond donors (Lipinski definition) is 1. The molecule has 1 N–H and O–H groups in total. The Bertz CT molecular complexity index is 552. The molecule has 2 rings (SSSR count). The van der Waals surface area contributed by atoms with Crippen LogP contribution in [0.4, 0.5) is 5.95 Å². The van der Waals surface area contributed by atoms with Gasteiger partial charge >= 0.3 is 0 Å². The maximum Gasteiger partial charge on any atom is 0.246 e. The number of sulfonamides is 1. The number of nitrogens with zero attached hydrogens (tertiary/aromatic N) is 4. The van der Waals surface area contributed by atoms with E-state index >= 15 is 0 Å². The zero-order valence-corrected chi connectivity index (χ0v) is 13.6. The van der Waals surface area contributed by atoms with Crippen LogP contribution in [-0.4, -0.2) is 66.9 Å². The molecule has 0 saturated carbocycles. The van der Waals surface area contributed by atoms with Gasteiger partial charge in [-0.15, -0.1) is 0 Å². The normalized spacial score (nSPS) is 19.4. The minimum absolute atomic E-state index is 0.151. The zero-order valence-electron chi connectivity index (χ0n) is 12.8. The van der Waals surface area contributed by atoms with Gasteiger partial charge in [0.1, 0.15) is 4.90 Å². The highest BCUT2D eigenvalue weighted by molar-refractivity contribution is 7.89. The van der Waals surface area contributed by atoms with Gasteiger partial charge in [0, 0.05) is 39.3 Å². The molecule has 1 aliphatic rings. The third-order valence-electron chi connectivity index (χ3n) is 3.98. The van der Waals surface area contributed by atoms with Gasteiger partial charge in [0.2, 0.25) is 16.0 Å². The van der Waals surface area contributed by atoms with Crippen LogP contribution in [0.3, 0.4) is 0 Å². The summed E-state index contributed by atoms with van der Waals surface area (Å²) in [5.74, 6) is 0.413. The van der Waals surface area contributed by atoms with Crippen LogP contribution >= 0.6 is 0 Å². The van der Waals surface area contributed by atoms with Crippen molar-refractivity contribution in [2.24, 2.45) is 0 Å². The van der Waals surface area contributed by atoms with Crippen molar-refractivity contribution in [2.45, 2.75) is 31.2 Å². The minimum Gasteiger partial charge on any atom is -0.357 e. The predicted molar refractivity (Wildman–Crippen MR) is 81.7 cm³/mol. The van der Waals surface area contributed by atoms with E-state index in [-0.39, 0.29) is 4.90 Å². The van der Waals surface area contributed by atoms with Crippen LogP contribution in [0.2, 0.25) is 0 Å². The fraction of sp³-hybridized carbons (Fsp3) is 0.692. The molecule has 1 saturated heterocycles. The summed E-state index contributed by atoms with van der Waals surface area (Å²) >= 11 is 0. The van der Waals surface area contributed by atoms with Crippen LogP contribution in [0.5, 0.6) is 0 Å². The lowest BCUT2D eigenvalue weighted by molar-refractivity contribution is 0.142. The van der Waals surface area contributed by atoms with E-state index in [0.29, 0.717) is 25.1 Å². The van der Waals surface area contributed by atoms with Gasteiger partial charge in [-0.3, -0.25) is 4.90 Å². The van der Waals surface area contributed by atoms with Crippen LogP contribution in [0.25, 0.3) is 0 Å². The van der Waals surface area contributed by atoms with Crippen molar-refractivity contribution in [1.29, 1.82) is 0 Å². The molecule has 2 heterocycles. The molecule has 1 aromatic heterocycles. The van der Waals surface area contributed by atoms with Gasteiger partial charge in [0.25, 0.3) is 0 Å². The second kappa shape index (κ2) is 6.67. The van der Waals surface area contributed by atoms with Crippen molar-refractivity contribution in [2.75, 3.05) is 38.5 Å². The Hall–Kier alpha value is -1.25. The van der Waals surface area contributed by atoms with Gasteiger partial charge < -0.3 is 5.32 Å². The van der Waals surface area contributed by atoms with Crippen molar-refractivity contribution in [1.82, 2.24) is 19.2 Å². The number of aromatic nitrogens is 2. The molecule has 0 aromatic carbocycles. The SMILES string of the molecule is CCC(C)N1CCN(S(=O)(=O)c2cnc(NC)nc2)CC1. The van der Waals surface area contributed by atoms with E-state index in [1.807, 2.05) is 0 Å². The van der Waals surface area contributed by atoms with Crippen molar-refractivity contribution in [3.05, 3.63) is 12.4 Å². The van der Waals surface area contributed by atoms with Gasteiger partial charge in [-0.1, -0.05) is 6.92 Å². The number of anilines is 1. The fourth-order valence-electron chi connectivity index (χ4n) is 2.37. The highest BCUT2D eigenvalue weighted by Gasteiger charge is 2.30. The first kappa shape index (κ1) is 16.1. The summed E-state index contributed by atoms with van der Waals surface area (Å²) in [7, 11) is -1.80. The summed E-state index contributed by atoms with van der Waals surface area (Å²) in [6.07, 6.45) is 3.79. The smallest absolute Gasteiger partial charge is 0.246 e. The van der Waals surface area contributed by atoms with Crippen molar-refractivity contribution >= 4 is 16.0 Å². The third kappa shape index (κ3) is 3.50. The third-order valence-corrected chi connectivity index (χ3v) is 5.83. The summed E-state index contributed by atoms with van der Waals surface area (Å²) in [6, 6.07) is 0.494. The lowest BCUT2D eigenvalue weighted by atomic mass is 10.2. The Labute approximate surface area is 126 Å². The summed E-state index contributed by atoms with van der Waals surface area (Å²) in [6.45, 7) is 6.89. The quantitative estimate of drug-likeness (QED) is 0.859. The molecule has 118 valence electrons. The Morgan fingerprint density at radius 3 is 2.29 bits per heavy atom. The second-order valence-corrected chi connectivity index (χ2v) is 7.13. The van der Waals surface area contributed by atoms with E-state index in [0.717, 1.165) is 19.5 Å². The minimum atomic E-state index is -3.49. The molecule has 0 spiro atoms. The van der Waals surface area contributed by atoms with E-state index in [1.165, 1.54) is 16.7 Å². The van der Waals surface area contributed by atoms with Gasteiger partial charge in [0.15, 0.2) is 0 Å². The Morgan fingerprint density at radius 2 is 1.81 bits per heavy atom. The van der Waals surface area contributed by atoms with E-state index in [4.69, 9.17) is 0 Å². The van der Waals surface area contributed by atoms with Gasteiger partial charge in [-0.05, 0) is 13.3 Å². The fourth-order valence-corrected chi connectivity index (χ4v) is 3.68. The predicted octanol–water partition coefficient (Wildman–Crippen LogP) is 0.623. The lowest BCUT2D eigenvalue weighted by Gasteiger charge is -2.37. The average molecular weight is 313 g/mol. The van der Waals surface area contributed by atoms with Gasteiger partial charge in [0.05, 0.1) is 12.4 Å². The molecule has 21 heavy (non-hydrogen) atoms. The molecule has 1 aromatic rings. The lowest BCUT2D eigenvalue weighted by Crippen LogP contribution is -2.51. The Balaban J connectivity index is 2.07. The molecule has 1 fully saturated rings. The monoisotopic (exact) mass is 313 g/mol. The van der Waals surface area contributed by atoms with Crippen molar-refractivity contribution < 1.29 is 8.42 Å². The van der Waals surface area contributed by atoms with Crippen LogP contribution in [0.15, 0.2) is 17.3 Å². The van der Waals surface area contributed by atoms with Crippen molar-refractivity contribution in [3.63, 3.8) is 0 Å². The Kier molecular flexibility index (Phi) is 5.13. The van der Waals surface area contributed by atoms with E-state index < -0.39 is 10.0 Å². The molecule has 1 unspecified atom stereocenters. The maximum absolute atomic E-state index is 12.5. The summed E-state index contributed by atoms with van der Waals surface area (Å²) < 4.78 is 26.6. The molecule has 1 aliphatic heterocycles. The number of hydrogen-bond acceptors (Lipinski definition) is 6. The molecular formula is C13H23N5O2S. The van der Waals surface area contributed by atoms with Crippen LogP contribution in [0, 0.1) is 0 Å². The summed E-state index contributed by atoms with van der Waals surface area (Å²) in [5, 5.41) is 2.77. The Morgan fingerprint density at radius 1 is 1.24 bits per heavy atom. The number of piperazine rings is 1. The molecule has 0 amide bonds. The van der Waals surface area contributed by atoms with Crippen LogP contribution in [-0.2, 0) is 10.0 Å². The second-order valence-electron chi connectivity index (χ2n) is 5.19. The molecule has 8 heteroatoms. The van der Waals surface area contributed by atoms with Crippen molar-refractivity contribution in [3.8, 4) is 0 Å². The standard InChI is InChI=1S/C13H23N5O2S/c1-4-11(2)17-5-7-18(8-6-17)21(19,20)12-9-15-13(14-3)16-10-12/h9-11H,4-8H2,1-3H3,(H,14,15,16). The number of rotatable bonds is 5. The summed E-state index contributed by atoms with van der Waals surface area (Å²) in [4.78, 5) is 10.4. The van der Waals surface area contributed by atoms with Crippen LogP contribution in [0.1, 0.15) is 20.3 Å². The molecule has 0 bridgehead atoms. The topological polar surface area (TPSA) is 78.4 Å². The molecule has 0 radical (unpaired) electrons. The van der Waals surface area contributed by atoms with Crippen LogP contribution < -0.4 is 5.32 Å². The largest absolute Gasteiger partial charge is 0.357 e. The molecular weight excluding hydrogens is 290 g/mol. The highest BCUT2D eigenvalue weighted by Crippen LogP contribution is 2.18. The highest BCUT2D eigenvalue weighted by atomic mass is 32.2. The first-order valence-electron chi connectivity index (χ1n) is 7.23. The summed E-state index contributed by atoms with van der Waals surface area (Å²) in [5.41, 5.74) is 0. The van der Waals surface area contributed by atoms with E-state index in [9.17, 15) is 8.42 Å². The first-order chi connectivity index (χ1) is 9.98. The van der Waals surface area contributed by atoms with Gasteiger partial charge in [-0.25, -0.2) is 18.4 Å². The molecule has 1 atom stereocenters. The zero-order chi connectivity index (χ0) is 15.5. The average Bonchev–Trinajstić information content (AvgIpc) is 2.54. The van der Waals surface area contributed by atoms with E-state index in [1.54, 1.807) is 7.05 Å². The number of nitrogens with one attached hydrogen (secondary N) is 1. The first-order valence-corrected chi connectivity index (χ1v) is 8.67. The van der Waals surface area contributed by atoms with E-state index in [2.05, 4.69) is 34.0 Å². The molecule has 7 nitrogen and oxygen atoms in total. The maximum atomic E-state index is 12.5. The molecule has 0 aliphatic carbocycles. The van der Waals surface area contributed by atoms with Gasteiger partial charge in [-0.2, -0.15) is 4.31 Å².